The van der Waals surface area contributed by atoms with Gasteiger partial charge in [-0.3, -0.25) is 0 Å². The number of aliphatic hydroxyl groups excluding tert-OH is 1. The van der Waals surface area contributed by atoms with Crippen LogP contribution < -0.4 is 4.74 Å². The molecule has 1 fully saturated rings. The second-order valence-corrected chi connectivity index (χ2v) is 4.94. The van der Waals surface area contributed by atoms with E-state index in [0.717, 1.165) is 22.6 Å². The average molecular weight is 270 g/mol. The molecule has 2 heterocycles. The van der Waals surface area contributed by atoms with Crippen LogP contribution in [-0.2, 0) is 15.3 Å². The third-order valence-electron chi connectivity index (χ3n) is 3.71. The first-order chi connectivity index (χ1) is 9.83. The van der Waals surface area contributed by atoms with E-state index in [1.807, 2.05) is 48.5 Å². The Kier molecular flexibility index (Phi) is 2.57. The summed E-state index contributed by atoms with van der Waals surface area (Å²) in [4.78, 5) is 0. The molecule has 1 atom stereocenters. The molecule has 4 heteroatoms. The molecular formula is C16H14O4. The highest BCUT2D eigenvalue weighted by molar-refractivity contribution is 5.54. The first-order valence-corrected chi connectivity index (χ1v) is 6.63. The lowest BCUT2D eigenvalue weighted by atomic mass is 9.93. The summed E-state index contributed by atoms with van der Waals surface area (Å²) in [6.07, 6.45) is -0.325. The van der Waals surface area contributed by atoms with Gasteiger partial charge in [0, 0.05) is 0 Å². The van der Waals surface area contributed by atoms with E-state index in [9.17, 15) is 5.11 Å². The fraction of sp³-hybridized carbons (Fsp3) is 0.250. The van der Waals surface area contributed by atoms with Gasteiger partial charge < -0.3 is 19.3 Å². The van der Waals surface area contributed by atoms with Gasteiger partial charge in [0.05, 0.1) is 24.3 Å². The van der Waals surface area contributed by atoms with E-state index in [1.54, 1.807) is 0 Å². The molecule has 0 saturated carbocycles. The van der Waals surface area contributed by atoms with Crippen LogP contribution in [-0.4, -0.2) is 24.4 Å². The summed E-state index contributed by atoms with van der Waals surface area (Å²) in [5.41, 5.74) is 1.68. The topological polar surface area (TPSA) is 47.9 Å². The fourth-order valence-electron chi connectivity index (χ4n) is 2.80. The van der Waals surface area contributed by atoms with E-state index in [-0.39, 0.29) is 12.7 Å². The van der Waals surface area contributed by atoms with Crippen LogP contribution in [0.5, 0.6) is 11.5 Å². The summed E-state index contributed by atoms with van der Waals surface area (Å²) in [5.74, 6) is 0.480. The standard InChI is InChI=1S/C16H14O4/c17-9-11-10-18-16(20-11)12-5-1-3-7-14(12)19-15-8-4-2-6-13(15)16/h1-8,11,17H,9-10H2/t11-/m1/s1. The van der Waals surface area contributed by atoms with Crippen LogP contribution in [0.2, 0.25) is 0 Å². The minimum atomic E-state index is -0.973. The smallest absolute Gasteiger partial charge is 0.230 e. The maximum Gasteiger partial charge on any atom is 0.230 e. The summed E-state index contributed by atoms with van der Waals surface area (Å²) in [5, 5.41) is 9.34. The Morgan fingerprint density at radius 1 is 1.00 bits per heavy atom. The Morgan fingerprint density at radius 2 is 1.60 bits per heavy atom. The van der Waals surface area contributed by atoms with Gasteiger partial charge in [0.15, 0.2) is 0 Å². The van der Waals surface area contributed by atoms with Crippen LogP contribution in [0.3, 0.4) is 0 Å². The van der Waals surface area contributed by atoms with Crippen LogP contribution >= 0.6 is 0 Å². The number of aliphatic hydroxyl groups is 1. The van der Waals surface area contributed by atoms with Gasteiger partial charge in [0.1, 0.15) is 17.6 Å². The molecule has 0 radical (unpaired) electrons. The zero-order chi connectivity index (χ0) is 13.6. The quantitative estimate of drug-likeness (QED) is 0.864. The van der Waals surface area contributed by atoms with Gasteiger partial charge in [0.25, 0.3) is 0 Å². The summed E-state index contributed by atoms with van der Waals surface area (Å²) < 4.78 is 17.9. The van der Waals surface area contributed by atoms with Gasteiger partial charge in [-0.1, -0.05) is 24.3 Å². The Bertz CT molecular complexity index is 607. The largest absolute Gasteiger partial charge is 0.456 e. The molecule has 0 amide bonds. The van der Waals surface area contributed by atoms with E-state index in [4.69, 9.17) is 14.2 Å². The van der Waals surface area contributed by atoms with Crippen molar-refractivity contribution in [1.29, 1.82) is 0 Å². The average Bonchev–Trinajstić information content (AvgIpc) is 2.93. The highest BCUT2D eigenvalue weighted by atomic mass is 16.8. The molecule has 1 saturated heterocycles. The van der Waals surface area contributed by atoms with Crippen LogP contribution in [0.1, 0.15) is 11.1 Å². The lowest BCUT2D eigenvalue weighted by molar-refractivity contribution is -0.151. The lowest BCUT2D eigenvalue weighted by Gasteiger charge is -2.35. The second-order valence-electron chi connectivity index (χ2n) is 4.94. The number of hydrogen-bond acceptors (Lipinski definition) is 4. The number of para-hydroxylation sites is 2. The SMILES string of the molecule is OC[C@@H]1COC2(O1)c1ccccc1Oc1ccccc12. The van der Waals surface area contributed by atoms with Crippen molar-refractivity contribution in [3.63, 3.8) is 0 Å². The van der Waals surface area contributed by atoms with Gasteiger partial charge in [-0.25, -0.2) is 0 Å². The van der Waals surface area contributed by atoms with Crippen molar-refractivity contribution in [2.75, 3.05) is 13.2 Å². The summed E-state index contributed by atoms with van der Waals surface area (Å²) >= 11 is 0. The number of hydrogen-bond donors (Lipinski definition) is 1. The molecule has 4 nitrogen and oxygen atoms in total. The molecule has 102 valence electrons. The molecule has 4 rings (SSSR count). The maximum absolute atomic E-state index is 9.34. The van der Waals surface area contributed by atoms with Crippen molar-refractivity contribution in [2.24, 2.45) is 0 Å². The Labute approximate surface area is 116 Å². The van der Waals surface area contributed by atoms with Crippen molar-refractivity contribution < 1.29 is 19.3 Å². The van der Waals surface area contributed by atoms with Gasteiger partial charge in [-0.05, 0) is 24.3 Å². The first kappa shape index (κ1) is 11.9. The zero-order valence-electron chi connectivity index (χ0n) is 10.8. The highest BCUT2D eigenvalue weighted by Crippen LogP contribution is 2.51. The van der Waals surface area contributed by atoms with Gasteiger partial charge in [0.2, 0.25) is 5.79 Å². The number of fused-ring (bicyclic) bond motifs is 4. The van der Waals surface area contributed by atoms with E-state index >= 15 is 0 Å². The molecule has 1 N–H and O–H groups in total. The van der Waals surface area contributed by atoms with Crippen molar-refractivity contribution >= 4 is 0 Å². The molecule has 2 aliphatic heterocycles. The van der Waals surface area contributed by atoms with E-state index in [1.165, 1.54) is 0 Å². The minimum absolute atomic E-state index is 0.0626. The lowest BCUT2D eigenvalue weighted by Crippen LogP contribution is -2.33. The number of ether oxygens (including phenoxy) is 3. The summed E-state index contributed by atoms with van der Waals surface area (Å²) in [6.45, 7) is 0.298. The van der Waals surface area contributed by atoms with Crippen LogP contribution in [0.15, 0.2) is 48.5 Å². The molecule has 0 unspecified atom stereocenters. The van der Waals surface area contributed by atoms with Crippen LogP contribution in [0, 0.1) is 0 Å². The molecule has 0 aliphatic carbocycles. The van der Waals surface area contributed by atoms with E-state index < -0.39 is 5.79 Å². The first-order valence-electron chi connectivity index (χ1n) is 6.63. The third-order valence-corrected chi connectivity index (χ3v) is 3.71. The van der Waals surface area contributed by atoms with Crippen molar-refractivity contribution in [2.45, 2.75) is 11.9 Å². The molecule has 2 aliphatic rings. The summed E-state index contributed by atoms with van der Waals surface area (Å²) in [6, 6.07) is 15.3. The molecule has 2 aromatic carbocycles. The fourth-order valence-corrected chi connectivity index (χ4v) is 2.80. The second kappa shape index (κ2) is 4.31. The van der Waals surface area contributed by atoms with Gasteiger partial charge in [-0.2, -0.15) is 0 Å². The van der Waals surface area contributed by atoms with Crippen molar-refractivity contribution in [1.82, 2.24) is 0 Å². The van der Waals surface area contributed by atoms with Crippen molar-refractivity contribution in [3.8, 4) is 11.5 Å². The monoisotopic (exact) mass is 270 g/mol. The van der Waals surface area contributed by atoms with Gasteiger partial charge >= 0.3 is 0 Å². The van der Waals surface area contributed by atoms with Crippen LogP contribution in [0.4, 0.5) is 0 Å². The molecule has 2 aromatic rings. The predicted octanol–water partition coefficient (Wildman–Crippen LogP) is 2.40. The van der Waals surface area contributed by atoms with E-state index in [2.05, 4.69) is 0 Å². The van der Waals surface area contributed by atoms with Crippen LogP contribution in [0.25, 0.3) is 0 Å². The molecule has 0 aromatic heterocycles. The number of rotatable bonds is 1. The Hall–Kier alpha value is -1.88. The number of benzene rings is 2. The van der Waals surface area contributed by atoms with Gasteiger partial charge in [-0.15, -0.1) is 0 Å². The maximum atomic E-state index is 9.34. The highest BCUT2D eigenvalue weighted by Gasteiger charge is 2.50. The third kappa shape index (κ3) is 1.53. The predicted molar refractivity (Wildman–Crippen MR) is 71.6 cm³/mol. The Balaban J connectivity index is 1.93. The molecule has 1 spiro atoms. The molecular weight excluding hydrogens is 256 g/mol. The zero-order valence-corrected chi connectivity index (χ0v) is 10.8. The minimum Gasteiger partial charge on any atom is -0.456 e. The normalized spacial score (nSPS) is 22.1. The molecule has 0 bridgehead atoms. The van der Waals surface area contributed by atoms with E-state index in [0.29, 0.717) is 6.61 Å². The summed E-state index contributed by atoms with van der Waals surface area (Å²) in [7, 11) is 0. The Morgan fingerprint density at radius 3 is 2.15 bits per heavy atom. The van der Waals surface area contributed by atoms with Crippen molar-refractivity contribution in [3.05, 3.63) is 59.7 Å². The molecule has 20 heavy (non-hydrogen) atoms.